The molecule has 10 heteroatoms. The van der Waals surface area contributed by atoms with E-state index in [-0.39, 0.29) is 5.69 Å². The Balaban J connectivity index is 1.59. The van der Waals surface area contributed by atoms with Gasteiger partial charge in [0.15, 0.2) is 0 Å². The first-order chi connectivity index (χ1) is 16.4. The largest absolute Gasteiger partial charge is 0.416 e. The first-order valence-corrected chi connectivity index (χ1v) is 13.3. The molecule has 0 fully saturated rings. The van der Waals surface area contributed by atoms with Crippen molar-refractivity contribution in [1.82, 2.24) is 0 Å². The quantitative estimate of drug-likeness (QED) is 0.344. The summed E-state index contributed by atoms with van der Waals surface area (Å²) in [5, 5.41) is -0.201. The molecule has 4 rings (SSSR count). The highest BCUT2D eigenvalue weighted by Gasteiger charge is 2.32. The Kier molecular flexibility index (Phi) is 7.29. The van der Waals surface area contributed by atoms with Crippen LogP contribution in [0.3, 0.4) is 0 Å². The van der Waals surface area contributed by atoms with Gasteiger partial charge < -0.3 is 0 Å². The van der Waals surface area contributed by atoms with E-state index >= 15 is 0 Å². The average molecular weight is 556 g/mol. The minimum Gasteiger partial charge on any atom is -0.280 e. The molecule has 0 radical (unpaired) electrons. The molecule has 35 heavy (non-hydrogen) atoms. The van der Waals surface area contributed by atoms with Crippen LogP contribution in [0.1, 0.15) is 22.3 Å². The van der Waals surface area contributed by atoms with E-state index in [0.717, 1.165) is 33.4 Å². The van der Waals surface area contributed by atoms with Crippen molar-refractivity contribution in [2.75, 3.05) is 4.72 Å². The topological polar surface area (TPSA) is 46.2 Å². The molecule has 0 unspecified atom stereocenters. The predicted octanol–water partition coefficient (Wildman–Crippen LogP) is 8.37. The molecule has 1 aliphatic rings. The van der Waals surface area contributed by atoms with Crippen molar-refractivity contribution in [3.05, 3.63) is 104 Å². The van der Waals surface area contributed by atoms with Gasteiger partial charge >= 0.3 is 6.18 Å². The molecule has 182 valence electrons. The van der Waals surface area contributed by atoms with Crippen molar-refractivity contribution in [2.45, 2.75) is 29.3 Å². The van der Waals surface area contributed by atoms with Gasteiger partial charge in [-0.1, -0.05) is 71.4 Å². The van der Waals surface area contributed by atoms with Crippen molar-refractivity contribution in [2.24, 2.45) is 0 Å². The number of halogens is 5. The Morgan fingerprint density at radius 1 is 1.00 bits per heavy atom. The number of allylic oxidation sites excluding steroid dienone is 2. The van der Waals surface area contributed by atoms with Gasteiger partial charge in [0.05, 0.1) is 21.3 Å². The molecule has 3 aromatic rings. The lowest BCUT2D eigenvalue weighted by atomic mass is 10.1. The third kappa shape index (κ3) is 5.89. The van der Waals surface area contributed by atoms with Gasteiger partial charge in [-0.15, -0.1) is 0 Å². The molecule has 1 aliphatic carbocycles. The molecule has 0 amide bonds. The number of nitrogens with one attached hydrogen (secondary N) is 1. The van der Waals surface area contributed by atoms with E-state index in [0.29, 0.717) is 17.2 Å². The van der Waals surface area contributed by atoms with Gasteiger partial charge in [-0.05, 0) is 66.4 Å². The number of benzene rings is 3. The predicted molar refractivity (Wildman–Crippen MR) is 137 cm³/mol. The summed E-state index contributed by atoms with van der Waals surface area (Å²) < 4.78 is 66.6. The number of sulfonamides is 1. The number of hydrogen-bond donors (Lipinski definition) is 1. The highest BCUT2D eigenvalue weighted by atomic mass is 35.5. The van der Waals surface area contributed by atoms with Crippen LogP contribution in [-0.2, 0) is 22.6 Å². The number of hydrogen-bond acceptors (Lipinski definition) is 3. The molecule has 0 aromatic heterocycles. The molecule has 0 saturated carbocycles. The lowest BCUT2D eigenvalue weighted by Gasteiger charge is -2.15. The van der Waals surface area contributed by atoms with Crippen molar-refractivity contribution in [3.8, 4) is 0 Å². The number of anilines is 1. The van der Waals surface area contributed by atoms with E-state index < -0.39 is 31.7 Å². The zero-order valence-electron chi connectivity index (χ0n) is 18.2. The summed E-state index contributed by atoms with van der Waals surface area (Å²) in [6.07, 6.45) is 2.34. The SMILES string of the molecule is Cc1cc(NS(=O)(=O)c2ccc(C(F)(F)F)cc2Cl)cc(Cl)c1SC1=Cc2ccccc2CC=C1. The van der Waals surface area contributed by atoms with E-state index in [2.05, 4.69) is 22.9 Å². The first-order valence-electron chi connectivity index (χ1n) is 10.3. The zero-order chi connectivity index (χ0) is 25.4. The van der Waals surface area contributed by atoms with Gasteiger partial charge in [-0.2, -0.15) is 13.2 Å². The number of aryl methyl sites for hydroxylation is 1. The third-order valence-corrected chi connectivity index (χ3v) is 8.73. The maximum atomic E-state index is 12.9. The third-order valence-electron chi connectivity index (χ3n) is 5.22. The molecule has 0 atom stereocenters. The van der Waals surface area contributed by atoms with Crippen LogP contribution in [0, 0.1) is 6.92 Å². The Labute approximate surface area is 215 Å². The summed E-state index contributed by atoms with van der Waals surface area (Å²) in [6.45, 7) is 1.80. The fourth-order valence-corrected chi connectivity index (χ4v) is 6.50. The Morgan fingerprint density at radius 3 is 2.43 bits per heavy atom. The van der Waals surface area contributed by atoms with E-state index in [9.17, 15) is 21.6 Å². The second kappa shape index (κ2) is 9.93. The fourth-order valence-electron chi connectivity index (χ4n) is 3.57. The van der Waals surface area contributed by atoms with Crippen molar-refractivity contribution >= 4 is 56.8 Å². The number of rotatable bonds is 5. The summed E-state index contributed by atoms with van der Waals surface area (Å²) in [6, 6.07) is 13.2. The lowest BCUT2D eigenvalue weighted by Crippen LogP contribution is -2.14. The molecule has 0 saturated heterocycles. The standard InChI is InChI=1S/C25H18Cl2F3NO2S2/c1-15-11-19(31-35(32,33)23-10-9-18(13-21(23)26)25(28,29)30)14-22(27)24(15)34-20-8-4-7-16-5-2-3-6-17(16)12-20/h2-6,8-14,31H,7H2,1H3. The molecule has 0 aliphatic heterocycles. The van der Waals surface area contributed by atoms with Crippen LogP contribution in [0.15, 0.2) is 81.4 Å². The van der Waals surface area contributed by atoms with E-state index in [1.807, 2.05) is 24.3 Å². The van der Waals surface area contributed by atoms with Crippen LogP contribution in [0.4, 0.5) is 18.9 Å². The normalized spacial score (nSPS) is 13.7. The van der Waals surface area contributed by atoms with Crippen molar-refractivity contribution in [3.63, 3.8) is 0 Å². The molecule has 1 N–H and O–H groups in total. The molecule has 0 spiro atoms. The molecule has 3 aromatic carbocycles. The summed E-state index contributed by atoms with van der Waals surface area (Å²) in [7, 11) is -4.26. The number of alkyl halides is 3. The Hall–Kier alpha value is -2.39. The van der Waals surface area contributed by atoms with Gasteiger partial charge in [-0.3, -0.25) is 4.72 Å². The highest BCUT2D eigenvalue weighted by Crippen LogP contribution is 2.40. The summed E-state index contributed by atoms with van der Waals surface area (Å²) in [4.78, 5) is 1.27. The monoisotopic (exact) mass is 555 g/mol. The summed E-state index contributed by atoms with van der Waals surface area (Å²) >= 11 is 13.8. The first kappa shape index (κ1) is 25.7. The summed E-state index contributed by atoms with van der Waals surface area (Å²) in [5.41, 5.74) is 2.20. The molecule has 0 heterocycles. The van der Waals surface area contributed by atoms with Crippen LogP contribution in [0.5, 0.6) is 0 Å². The van der Waals surface area contributed by atoms with Crippen molar-refractivity contribution in [1.29, 1.82) is 0 Å². The maximum absolute atomic E-state index is 12.9. The summed E-state index contributed by atoms with van der Waals surface area (Å²) in [5.74, 6) is 0. The zero-order valence-corrected chi connectivity index (χ0v) is 21.3. The van der Waals surface area contributed by atoms with Crippen molar-refractivity contribution < 1.29 is 21.6 Å². The molecule has 0 bridgehead atoms. The Bertz CT molecular complexity index is 1440. The lowest BCUT2D eigenvalue weighted by molar-refractivity contribution is -0.137. The minimum absolute atomic E-state index is 0.170. The van der Waals surface area contributed by atoms with E-state index in [4.69, 9.17) is 23.2 Å². The van der Waals surface area contributed by atoms with Gasteiger partial charge in [0.2, 0.25) is 0 Å². The van der Waals surface area contributed by atoms with Crippen LogP contribution in [0.2, 0.25) is 10.0 Å². The molecular weight excluding hydrogens is 538 g/mol. The maximum Gasteiger partial charge on any atom is 0.416 e. The van der Waals surface area contributed by atoms with Crippen LogP contribution in [-0.4, -0.2) is 8.42 Å². The average Bonchev–Trinajstić information content (AvgIpc) is 2.97. The van der Waals surface area contributed by atoms with Gasteiger partial charge in [-0.25, -0.2) is 8.42 Å². The van der Waals surface area contributed by atoms with E-state index in [1.54, 1.807) is 13.0 Å². The van der Waals surface area contributed by atoms with Crippen LogP contribution >= 0.6 is 35.0 Å². The molecule has 3 nitrogen and oxygen atoms in total. The number of thioether (sulfide) groups is 1. The molecular formula is C25H18Cl2F3NO2S2. The van der Waals surface area contributed by atoms with E-state index in [1.165, 1.54) is 23.4 Å². The highest BCUT2D eigenvalue weighted by molar-refractivity contribution is 8.03. The second-order valence-electron chi connectivity index (χ2n) is 7.81. The van der Waals surface area contributed by atoms with Gasteiger partial charge in [0.1, 0.15) is 4.90 Å². The van der Waals surface area contributed by atoms with Crippen LogP contribution in [0.25, 0.3) is 6.08 Å². The fraction of sp³-hybridized carbons (Fsp3) is 0.120. The minimum atomic E-state index is -4.64. The Morgan fingerprint density at radius 2 is 1.74 bits per heavy atom. The second-order valence-corrected chi connectivity index (χ2v) is 11.4. The smallest absolute Gasteiger partial charge is 0.280 e. The van der Waals surface area contributed by atoms with Gasteiger partial charge in [0, 0.05) is 9.80 Å². The number of fused-ring (bicyclic) bond motifs is 1. The van der Waals surface area contributed by atoms with Gasteiger partial charge in [0.25, 0.3) is 10.0 Å². The van der Waals surface area contributed by atoms with Crippen LogP contribution < -0.4 is 4.72 Å².